The van der Waals surface area contributed by atoms with Gasteiger partial charge >= 0.3 is 0 Å². The number of anilines is 1. The number of piperidine rings is 1. The van der Waals surface area contributed by atoms with Gasteiger partial charge in [-0.3, -0.25) is 9.78 Å². The number of hydrogen-bond acceptors (Lipinski definition) is 4. The summed E-state index contributed by atoms with van der Waals surface area (Å²) in [4.78, 5) is 20.1. The summed E-state index contributed by atoms with van der Waals surface area (Å²) in [6.07, 6.45) is 6.41. The van der Waals surface area contributed by atoms with E-state index < -0.39 is 0 Å². The summed E-state index contributed by atoms with van der Waals surface area (Å²) in [5, 5.41) is 3.70. The van der Waals surface area contributed by atoms with Crippen molar-refractivity contribution in [3.63, 3.8) is 0 Å². The number of carbonyl (C=O) groups is 1. The van der Waals surface area contributed by atoms with E-state index >= 15 is 0 Å². The molecule has 0 atom stereocenters. The summed E-state index contributed by atoms with van der Waals surface area (Å²) in [6, 6.07) is 12.5. The lowest BCUT2D eigenvalue weighted by atomic mass is 9.96. The second-order valence-corrected chi connectivity index (χ2v) is 9.08. The monoisotopic (exact) mass is 383 g/mol. The van der Waals surface area contributed by atoms with Gasteiger partial charge in [-0.15, -0.1) is 11.8 Å². The Morgan fingerprint density at radius 1 is 1.22 bits per heavy atom. The zero-order chi connectivity index (χ0) is 19.1. The number of aromatic nitrogens is 1. The Kier molecular flexibility index (Phi) is 7.16. The van der Waals surface area contributed by atoms with Gasteiger partial charge in [0.1, 0.15) is 0 Å². The van der Waals surface area contributed by atoms with Crippen molar-refractivity contribution < 1.29 is 4.79 Å². The molecule has 1 aromatic carbocycles. The minimum absolute atomic E-state index is 0.119. The van der Waals surface area contributed by atoms with Crippen molar-refractivity contribution in [2.24, 2.45) is 5.92 Å². The lowest BCUT2D eigenvalue weighted by Crippen LogP contribution is -2.39. The molecule has 1 N–H and O–H groups in total. The van der Waals surface area contributed by atoms with Gasteiger partial charge in [0.05, 0.1) is 18.3 Å². The Morgan fingerprint density at radius 3 is 2.59 bits per heavy atom. The van der Waals surface area contributed by atoms with Crippen molar-refractivity contribution in [2.75, 3.05) is 24.5 Å². The summed E-state index contributed by atoms with van der Waals surface area (Å²) < 4.78 is 0. The van der Waals surface area contributed by atoms with Crippen molar-refractivity contribution in [3.8, 4) is 0 Å². The molecule has 2 heterocycles. The quantitative estimate of drug-likeness (QED) is 0.729. The van der Waals surface area contributed by atoms with E-state index in [2.05, 4.69) is 59.4 Å². The topological polar surface area (TPSA) is 45.2 Å². The first kappa shape index (κ1) is 19.7. The van der Waals surface area contributed by atoms with Crippen molar-refractivity contribution in [1.82, 2.24) is 10.3 Å². The molecule has 0 unspecified atom stereocenters. The molecule has 0 spiro atoms. The van der Waals surface area contributed by atoms with Crippen LogP contribution in [0.25, 0.3) is 0 Å². The highest BCUT2D eigenvalue weighted by molar-refractivity contribution is 7.99. The molecular weight excluding hydrogens is 354 g/mol. The third kappa shape index (κ3) is 6.28. The van der Waals surface area contributed by atoms with Gasteiger partial charge in [0.15, 0.2) is 0 Å². The first-order valence-electron chi connectivity index (χ1n) is 9.77. The number of nitrogens with zero attached hydrogens (tertiary/aromatic N) is 2. The summed E-state index contributed by atoms with van der Waals surface area (Å²) in [7, 11) is 0. The smallest absolute Gasteiger partial charge is 0.224 e. The molecule has 2 aromatic rings. The fourth-order valence-electron chi connectivity index (χ4n) is 3.40. The molecule has 1 saturated heterocycles. The van der Waals surface area contributed by atoms with Gasteiger partial charge in [-0.1, -0.05) is 26.0 Å². The van der Waals surface area contributed by atoms with Crippen LogP contribution in [-0.4, -0.2) is 35.8 Å². The second kappa shape index (κ2) is 9.79. The average Bonchev–Trinajstić information content (AvgIpc) is 2.69. The maximum Gasteiger partial charge on any atom is 0.224 e. The molecule has 1 aromatic heterocycles. The predicted molar refractivity (Wildman–Crippen MR) is 113 cm³/mol. The molecule has 1 aliphatic rings. The van der Waals surface area contributed by atoms with Crippen LogP contribution >= 0.6 is 11.8 Å². The lowest BCUT2D eigenvalue weighted by molar-refractivity contribution is -0.120. The minimum atomic E-state index is 0.119. The highest BCUT2D eigenvalue weighted by Crippen LogP contribution is 2.23. The van der Waals surface area contributed by atoms with Crippen LogP contribution in [0.2, 0.25) is 0 Å². The van der Waals surface area contributed by atoms with Gasteiger partial charge in [0, 0.05) is 36.0 Å². The maximum absolute atomic E-state index is 12.3. The molecule has 1 amide bonds. The Hall–Kier alpha value is -2.01. The van der Waals surface area contributed by atoms with E-state index in [0.29, 0.717) is 17.6 Å². The maximum atomic E-state index is 12.3. The van der Waals surface area contributed by atoms with Gasteiger partial charge < -0.3 is 10.2 Å². The molecule has 0 saturated carbocycles. The largest absolute Gasteiger partial charge is 0.370 e. The normalized spacial score (nSPS) is 15.1. The third-order valence-corrected chi connectivity index (χ3v) is 5.89. The highest BCUT2D eigenvalue weighted by Gasteiger charge is 2.20. The van der Waals surface area contributed by atoms with E-state index in [4.69, 9.17) is 0 Å². The Labute approximate surface area is 166 Å². The van der Waals surface area contributed by atoms with Crippen LogP contribution in [0, 0.1) is 5.92 Å². The van der Waals surface area contributed by atoms with E-state index in [-0.39, 0.29) is 5.91 Å². The molecular formula is C22H29N3OS. The molecule has 4 nitrogen and oxygen atoms in total. The number of nitrogens with one attached hydrogen (secondary N) is 1. The van der Waals surface area contributed by atoms with Crippen molar-refractivity contribution in [2.45, 2.75) is 43.3 Å². The molecule has 27 heavy (non-hydrogen) atoms. The molecule has 144 valence electrons. The number of rotatable bonds is 7. The van der Waals surface area contributed by atoms with Crippen LogP contribution in [0.1, 0.15) is 32.3 Å². The molecule has 0 radical (unpaired) electrons. The summed E-state index contributed by atoms with van der Waals surface area (Å²) in [6.45, 7) is 7.21. The fraction of sp³-hybridized carbons (Fsp3) is 0.455. The highest BCUT2D eigenvalue weighted by atomic mass is 32.2. The first-order chi connectivity index (χ1) is 13.1. The Morgan fingerprint density at radius 2 is 1.96 bits per heavy atom. The van der Waals surface area contributed by atoms with E-state index in [1.807, 2.05) is 30.2 Å². The average molecular weight is 384 g/mol. The molecule has 1 aliphatic heterocycles. The summed E-state index contributed by atoms with van der Waals surface area (Å²) >= 11 is 1.85. The van der Waals surface area contributed by atoms with Gasteiger partial charge in [-0.05, 0) is 48.6 Å². The van der Waals surface area contributed by atoms with Gasteiger partial charge in [0.25, 0.3) is 0 Å². The van der Waals surface area contributed by atoms with Crippen LogP contribution in [0.5, 0.6) is 0 Å². The van der Waals surface area contributed by atoms with Gasteiger partial charge in [-0.2, -0.15) is 0 Å². The van der Waals surface area contributed by atoms with Crippen molar-refractivity contribution >= 4 is 23.4 Å². The molecule has 0 bridgehead atoms. The lowest BCUT2D eigenvalue weighted by Gasteiger charge is -2.33. The third-order valence-electron chi connectivity index (χ3n) is 4.87. The standard InChI is InChI=1S/C22H29N3OS/c1-17(2)27-21-7-5-18(6-8-21)14-22(26)24-15-19-9-12-25(13-10-19)20-4-3-11-23-16-20/h3-8,11,16-17,19H,9-10,12-15H2,1-2H3,(H,24,26). The number of thioether (sulfide) groups is 1. The SMILES string of the molecule is CC(C)Sc1ccc(CC(=O)NCC2CCN(c3cccnc3)CC2)cc1. The van der Waals surface area contributed by atoms with E-state index in [1.165, 1.54) is 10.6 Å². The second-order valence-electron chi connectivity index (χ2n) is 7.43. The van der Waals surface area contributed by atoms with E-state index in [0.717, 1.165) is 38.0 Å². The summed E-state index contributed by atoms with van der Waals surface area (Å²) in [5.41, 5.74) is 2.27. The zero-order valence-corrected chi connectivity index (χ0v) is 17.0. The number of amides is 1. The van der Waals surface area contributed by atoms with Crippen LogP contribution in [0.15, 0.2) is 53.7 Å². The van der Waals surface area contributed by atoms with Crippen LogP contribution in [-0.2, 0) is 11.2 Å². The van der Waals surface area contributed by atoms with E-state index in [9.17, 15) is 4.79 Å². The number of hydrogen-bond donors (Lipinski definition) is 1. The van der Waals surface area contributed by atoms with Crippen LogP contribution in [0.3, 0.4) is 0 Å². The Bertz CT molecular complexity index is 710. The molecule has 5 heteroatoms. The van der Waals surface area contributed by atoms with Crippen molar-refractivity contribution in [1.29, 1.82) is 0 Å². The van der Waals surface area contributed by atoms with E-state index in [1.54, 1.807) is 0 Å². The molecule has 3 rings (SSSR count). The van der Waals surface area contributed by atoms with Crippen molar-refractivity contribution in [3.05, 3.63) is 54.4 Å². The minimum Gasteiger partial charge on any atom is -0.370 e. The number of carbonyl (C=O) groups excluding carboxylic acids is 1. The zero-order valence-electron chi connectivity index (χ0n) is 16.2. The predicted octanol–water partition coefficient (Wildman–Crippen LogP) is 4.16. The van der Waals surface area contributed by atoms with Gasteiger partial charge in [-0.25, -0.2) is 0 Å². The first-order valence-corrected chi connectivity index (χ1v) is 10.7. The Balaban J connectivity index is 1.38. The molecule has 0 aliphatic carbocycles. The number of benzene rings is 1. The number of pyridine rings is 1. The summed E-state index contributed by atoms with van der Waals surface area (Å²) in [5.74, 6) is 0.681. The van der Waals surface area contributed by atoms with Gasteiger partial charge in [0.2, 0.25) is 5.91 Å². The van der Waals surface area contributed by atoms with Crippen LogP contribution in [0.4, 0.5) is 5.69 Å². The fourth-order valence-corrected chi connectivity index (χ4v) is 4.24. The molecule has 1 fully saturated rings. The van der Waals surface area contributed by atoms with Crippen LogP contribution < -0.4 is 10.2 Å².